The van der Waals surface area contributed by atoms with E-state index in [9.17, 15) is 4.79 Å². The second-order valence-corrected chi connectivity index (χ2v) is 4.93. The first-order valence-corrected chi connectivity index (χ1v) is 6.20. The molecule has 1 aliphatic rings. The molecule has 0 amide bonds. The Morgan fingerprint density at radius 2 is 1.82 bits per heavy atom. The molecule has 0 unspecified atom stereocenters. The highest BCUT2D eigenvalue weighted by Gasteiger charge is 2.18. The standard InChI is InChI=1S/C14H20N2O/c1-10-7-12(13(15)8-11(10)2)14(17)9-16-5-3-4-6-16/h7-8H,3-6,9,15H2,1-2H3. The monoisotopic (exact) mass is 232 g/mol. The summed E-state index contributed by atoms with van der Waals surface area (Å²) in [6, 6.07) is 3.82. The zero-order valence-corrected chi connectivity index (χ0v) is 10.6. The topological polar surface area (TPSA) is 46.3 Å². The smallest absolute Gasteiger partial charge is 0.178 e. The van der Waals surface area contributed by atoms with E-state index >= 15 is 0 Å². The molecule has 1 aromatic rings. The maximum absolute atomic E-state index is 12.2. The third-order valence-corrected chi connectivity index (χ3v) is 3.53. The number of rotatable bonds is 3. The molecule has 0 atom stereocenters. The number of nitrogen functional groups attached to an aromatic ring is 1. The van der Waals surface area contributed by atoms with Crippen molar-refractivity contribution in [2.75, 3.05) is 25.4 Å². The Balaban J connectivity index is 2.15. The van der Waals surface area contributed by atoms with Crippen LogP contribution in [-0.4, -0.2) is 30.3 Å². The molecule has 0 aliphatic carbocycles. The number of nitrogens with two attached hydrogens (primary N) is 1. The Hall–Kier alpha value is -1.35. The van der Waals surface area contributed by atoms with Gasteiger partial charge in [0.1, 0.15) is 0 Å². The van der Waals surface area contributed by atoms with Crippen molar-refractivity contribution in [3.8, 4) is 0 Å². The molecule has 1 saturated heterocycles. The lowest BCUT2D eigenvalue weighted by Crippen LogP contribution is -2.27. The van der Waals surface area contributed by atoms with Crippen LogP contribution in [0.1, 0.15) is 34.3 Å². The molecule has 0 saturated carbocycles. The van der Waals surface area contributed by atoms with E-state index in [4.69, 9.17) is 5.73 Å². The fourth-order valence-electron chi connectivity index (χ4n) is 2.31. The number of anilines is 1. The van der Waals surface area contributed by atoms with Gasteiger partial charge in [0.05, 0.1) is 6.54 Å². The fraction of sp³-hybridized carbons (Fsp3) is 0.500. The van der Waals surface area contributed by atoms with Crippen LogP contribution in [-0.2, 0) is 0 Å². The van der Waals surface area contributed by atoms with Gasteiger partial charge in [-0.15, -0.1) is 0 Å². The molecular weight excluding hydrogens is 212 g/mol. The number of hydrogen-bond donors (Lipinski definition) is 1. The van der Waals surface area contributed by atoms with Crippen LogP contribution in [0.25, 0.3) is 0 Å². The Bertz CT molecular complexity index is 434. The molecule has 2 rings (SSSR count). The molecule has 1 heterocycles. The summed E-state index contributed by atoms with van der Waals surface area (Å²) < 4.78 is 0. The zero-order chi connectivity index (χ0) is 12.4. The molecule has 0 bridgehead atoms. The van der Waals surface area contributed by atoms with E-state index in [1.807, 2.05) is 26.0 Å². The lowest BCUT2D eigenvalue weighted by Gasteiger charge is -2.15. The van der Waals surface area contributed by atoms with Gasteiger partial charge in [-0.3, -0.25) is 9.69 Å². The highest BCUT2D eigenvalue weighted by Crippen LogP contribution is 2.19. The lowest BCUT2D eigenvalue weighted by molar-refractivity contribution is 0.0946. The van der Waals surface area contributed by atoms with Crippen LogP contribution >= 0.6 is 0 Å². The number of carbonyl (C=O) groups excluding carboxylic acids is 1. The molecule has 17 heavy (non-hydrogen) atoms. The first-order valence-electron chi connectivity index (χ1n) is 6.20. The van der Waals surface area contributed by atoms with Crippen LogP contribution in [0.4, 0.5) is 5.69 Å². The number of aryl methyl sites for hydroxylation is 2. The Morgan fingerprint density at radius 1 is 1.24 bits per heavy atom. The molecule has 0 aromatic heterocycles. The van der Waals surface area contributed by atoms with Gasteiger partial charge < -0.3 is 5.73 Å². The number of carbonyl (C=O) groups is 1. The van der Waals surface area contributed by atoms with E-state index in [1.54, 1.807) is 0 Å². The quantitative estimate of drug-likeness (QED) is 0.641. The SMILES string of the molecule is Cc1cc(N)c(C(=O)CN2CCCC2)cc1C. The molecule has 0 radical (unpaired) electrons. The van der Waals surface area contributed by atoms with Crippen molar-refractivity contribution in [1.82, 2.24) is 4.90 Å². The summed E-state index contributed by atoms with van der Waals surface area (Å²) in [5.41, 5.74) is 9.48. The minimum absolute atomic E-state index is 0.146. The average Bonchev–Trinajstić information content (AvgIpc) is 2.76. The van der Waals surface area contributed by atoms with Gasteiger partial charge >= 0.3 is 0 Å². The molecular formula is C14H20N2O. The van der Waals surface area contributed by atoms with E-state index in [1.165, 1.54) is 12.8 Å². The van der Waals surface area contributed by atoms with E-state index in [0.717, 1.165) is 24.2 Å². The summed E-state index contributed by atoms with van der Waals surface area (Å²) in [7, 11) is 0. The summed E-state index contributed by atoms with van der Waals surface area (Å²) in [4.78, 5) is 14.4. The second kappa shape index (κ2) is 4.88. The Labute approximate surface area is 103 Å². The van der Waals surface area contributed by atoms with Crippen molar-refractivity contribution < 1.29 is 4.79 Å². The van der Waals surface area contributed by atoms with Crippen molar-refractivity contribution in [3.63, 3.8) is 0 Å². The number of benzene rings is 1. The number of nitrogens with zero attached hydrogens (tertiary/aromatic N) is 1. The van der Waals surface area contributed by atoms with Crippen molar-refractivity contribution >= 4 is 11.5 Å². The van der Waals surface area contributed by atoms with Crippen molar-refractivity contribution in [2.24, 2.45) is 0 Å². The van der Waals surface area contributed by atoms with Crippen molar-refractivity contribution in [3.05, 3.63) is 28.8 Å². The number of ketones is 1. The third kappa shape index (κ3) is 2.67. The summed E-state index contributed by atoms with van der Waals surface area (Å²) in [5, 5.41) is 0. The van der Waals surface area contributed by atoms with Crippen LogP contribution in [0.5, 0.6) is 0 Å². The number of likely N-dealkylation sites (tertiary alicyclic amines) is 1. The van der Waals surface area contributed by atoms with Gasteiger partial charge in [0, 0.05) is 11.3 Å². The molecule has 2 N–H and O–H groups in total. The van der Waals surface area contributed by atoms with Crippen LogP contribution in [0.3, 0.4) is 0 Å². The maximum Gasteiger partial charge on any atom is 0.178 e. The van der Waals surface area contributed by atoms with Gasteiger partial charge in [-0.05, 0) is 63.0 Å². The van der Waals surface area contributed by atoms with Crippen LogP contribution in [0.2, 0.25) is 0 Å². The summed E-state index contributed by atoms with van der Waals surface area (Å²) in [5.74, 6) is 0.146. The van der Waals surface area contributed by atoms with E-state index in [2.05, 4.69) is 4.90 Å². The second-order valence-electron chi connectivity index (χ2n) is 4.93. The number of Topliss-reactive ketones (excluding diaryl/α,β-unsaturated/α-hetero) is 1. The predicted molar refractivity (Wildman–Crippen MR) is 70.3 cm³/mol. The van der Waals surface area contributed by atoms with Gasteiger partial charge in [-0.1, -0.05) is 0 Å². The molecule has 1 aromatic carbocycles. The summed E-state index contributed by atoms with van der Waals surface area (Å²) in [6.07, 6.45) is 2.41. The molecule has 3 nitrogen and oxygen atoms in total. The van der Waals surface area contributed by atoms with Crippen molar-refractivity contribution in [2.45, 2.75) is 26.7 Å². The van der Waals surface area contributed by atoms with Crippen LogP contribution < -0.4 is 5.73 Å². The minimum atomic E-state index is 0.146. The summed E-state index contributed by atoms with van der Waals surface area (Å²) in [6.45, 7) is 6.61. The zero-order valence-electron chi connectivity index (χ0n) is 10.6. The largest absolute Gasteiger partial charge is 0.398 e. The Morgan fingerprint density at radius 3 is 2.47 bits per heavy atom. The average molecular weight is 232 g/mol. The lowest BCUT2D eigenvalue weighted by atomic mass is 10.0. The van der Waals surface area contributed by atoms with E-state index in [0.29, 0.717) is 17.8 Å². The molecule has 0 spiro atoms. The highest BCUT2D eigenvalue weighted by atomic mass is 16.1. The first kappa shape index (κ1) is 12.1. The normalized spacial score (nSPS) is 16.4. The predicted octanol–water partition coefficient (Wildman–Crippen LogP) is 2.16. The third-order valence-electron chi connectivity index (χ3n) is 3.53. The first-order chi connectivity index (χ1) is 8.08. The molecule has 92 valence electrons. The number of hydrogen-bond acceptors (Lipinski definition) is 3. The van der Waals surface area contributed by atoms with Gasteiger partial charge in [-0.2, -0.15) is 0 Å². The van der Waals surface area contributed by atoms with Gasteiger partial charge in [0.15, 0.2) is 5.78 Å². The Kier molecular flexibility index (Phi) is 3.48. The summed E-state index contributed by atoms with van der Waals surface area (Å²) >= 11 is 0. The maximum atomic E-state index is 12.2. The van der Waals surface area contributed by atoms with Gasteiger partial charge in [0.2, 0.25) is 0 Å². The van der Waals surface area contributed by atoms with E-state index < -0.39 is 0 Å². The van der Waals surface area contributed by atoms with Crippen LogP contribution in [0.15, 0.2) is 12.1 Å². The molecule has 3 heteroatoms. The minimum Gasteiger partial charge on any atom is -0.398 e. The van der Waals surface area contributed by atoms with Crippen molar-refractivity contribution in [1.29, 1.82) is 0 Å². The fourth-order valence-corrected chi connectivity index (χ4v) is 2.31. The van der Waals surface area contributed by atoms with Crippen LogP contribution in [0, 0.1) is 13.8 Å². The van der Waals surface area contributed by atoms with E-state index in [-0.39, 0.29) is 5.78 Å². The van der Waals surface area contributed by atoms with Gasteiger partial charge in [0.25, 0.3) is 0 Å². The van der Waals surface area contributed by atoms with Gasteiger partial charge in [-0.25, -0.2) is 0 Å². The molecule has 1 fully saturated rings. The molecule has 1 aliphatic heterocycles. The highest BCUT2D eigenvalue weighted by molar-refractivity contribution is 6.02.